The number of halogens is 1. The average molecular weight is 335 g/mol. The quantitative estimate of drug-likeness (QED) is 0.838. The minimum Gasteiger partial charge on any atom is -0.368 e. The lowest BCUT2D eigenvalue weighted by molar-refractivity contribution is -0.119. The van der Waals surface area contributed by atoms with Crippen LogP contribution in [0.5, 0.6) is 0 Å². The first-order valence-corrected chi connectivity index (χ1v) is 7.93. The minimum absolute atomic E-state index is 0.0937. The van der Waals surface area contributed by atoms with E-state index in [2.05, 4.69) is 15.4 Å². The molecule has 0 aliphatic carbocycles. The summed E-state index contributed by atoms with van der Waals surface area (Å²) in [7, 11) is 0. The molecule has 0 radical (unpaired) electrons. The molecule has 2 aliphatic rings. The number of carbonyl (C=O) groups is 2. The Morgan fingerprint density at radius 3 is 2.70 bits per heavy atom. The standard InChI is InChI=1S/C14H14FN5O2S/c15-8-1-3-9(4-2-8)20-11(12(16)21)7-10(19-20)13(22)18-14-17-5-6-23-14/h1-4,11H,5-7H2,(H2,16,21)(H,17,18,22)/t11-/m1/s1. The second kappa shape index (κ2) is 6.37. The monoisotopic (exact) mass is 335 g/mol. The number of rotatable bonds is 3. The number of benzene rings is 1. The van der Waals surface area contributed by atoms with Crippen molar-refractivity contribution >= 4 is 40.1 Å². The Morgan fingerprint density at radius 1 is 1.35 bits per heavy atom. The third-order valence-electron chi connectivity index (χ3n) is 3.40. The topological polar surface area (TPSA) is 100 Å². The molecule has 2 amide bonds. The molecule has 1 aromatic rings. The number of nitrogens with two attached hydrogens (primary N) is 1. The molecule has 0 fully saturated rings. The van der Waals surface area contributed by atoms with Crippen LogP contribution < -0.4 is 16.1 Å². The summed E-state index contributed by atoms with van der Waals surface area (Å²) in [5.41, 5.74) is 6.07. The van der Waals surface area contributed by atoms with Gasteiger partial charge in [0.25, 0.3) is 5.91 Å². The number of hydrogen-bond donors (Lipinski definition) is 2. The zero-order valence-electron chi connectivity index (χ0n) is 12.0. The van der Waals surface area contributed by atoms with Crippen LogP contribution in [0, 0.1) is 5.82 Å². The fourth-order valence-electron chi connectivity index (χ4n) is 2.28. The fraction of sp³-hybridized carbons (Fsp3) is 0.286. The number of hydrogen-bond acceptors (Lipinski definition) is 6. The van der Waals surface area contributed by atoms with Crippen LogP contribution in [0.4, 0.5) is 10.1 Å². The van der Waals surface area contributed by atoms with Crippen LogP contribution in [0.25, 0.3) is 0 Å². The molecule has 9 heteroatoms. The maximum Gasteiger partial charge on any atom is 0.273 e. The summed E-state index contributed by atoms with van der Waals surface area (Å²) in [4.78, 5) is 28.0. The first kappa shape index (κ1) is 15.5. The highest BCUT2D eigenvalue weighted by molar-refractivity contribution is 8.14. The van der Waals surface area contributed by atoms with Crippen LogP contribution in [-0.4, -0.2) is 41.0 Å². The molecule has 1 aromatic carbocycles. The molecule has 0 saturated heterocycles. The number of amides is 2. The van der Waals surface area contributed by atoms with Gasteiger partial charge < -0.3 is 11.1 Å². The van der Waals surface area contributed by atoms with E-state index in [1.54, 1.807) is 0 Å². The molecule has 120 valence electrons. The third-order valence-corrected chi connectivity index (χ3v) is 4.29. The van der Waals surface area contributed by atoms with Crippen molar-refractivity contribution in [3.8, 4) is 0 Å². The lowest BCUT2D eigenvalue weighted by atomic mass is 10.1. The zero-order chi connectivity index (χ0) is 16.4. The van der Waals surface area contributed by atoms with Gasteiger partial charge in [-0.3, -0.25) is 19.6 Å². The Balaban J connectivity index is 1.81. The van der Waals surface area contributed by atoms with E-state index in [-0.39, 0.29) is 12.1 Å². The van der Waals surface area contributed by atoms with Gasteiger partial charge in [-0.2, -0.15) is 5.10 Å². The largest absolute Gasteiger partial charge is 0.368 e. The van der Waals surface area contributed by atoms with Gasteiger partial charge in [0.05, 0.1) is 12.2 Å². The first-order valence-electron chi connectivity index (χ1n) is 6.95. The van der Waals surface area contributed by atoms with Crippen LogP contribution >= 0.6 is 11.8 Å². The zero-order valence-corrected chi connectivity index (χ0v) is 12.8. The molecule has 2 aliphatic heterocycles. The summed E-state index contributed by atoms with van der Waals surface area (Å²) in [6.07, 6.45) is 0.0937. The van der Waals surface area contributed by atoms with Gasteiger partial charge in [0.15, 0.2) is 5.17 Å². The predicted octanol–water partition coefficient (Wildman–Crippen LogP) is 0.465. The highest BCUT2D eigenvalue weighted by atomic mass is 32.2. The van der Waals surface area contributed by atoms with E-state index in [1.165, 1.54) is 41.0 Å². The Kier molecular flexibility index (Phi) is 4.28. The molecule has 0 bridgehead atoms. The highest BCUT2D eigenvalue weighted by Crippen LogP contribution is 2.25. The van der Waals surface area contributed by atoms with E-state index in [4.69, 9.17) is 5.73 Å². The molecular weight excluding hydrogens is 321 g/mol. The second-order valence-electron chi connectivity index (χ2n) is 4.98. The van der Waals surface area contributed by atoms with Crippen molar-refractivity contribution in [2.75, 3.05) is 17.3 Å². The van der Waals surface area contributed by atoms with Gasteiger partial charge in [0.2, 0.25) is 5.91 Å². The van der Waals surface area contributed by atoms with Crippen LogP contribution in [0.3, 0.4) is 0 Å². The van der Waals surface area contributed by atoms with Gasteiger partial charge in [-0.05, 0) is 24.3 Å². The molecule has 7 nitrogen and oxygen atoms in total. The van der Waals surface area contributed by atoms with Crippen molar-refractivity contribution in [2.45, 2.75) is 12.5 Å². The first-order chi connectivity index (χ1) is 11.0. The van der Waals surface area contributed by atoms with Crippen LogP contribution in [0.1, 0.15) is 6.42 Å². The van der Waals surface area contributed by atoms with Gasteiger partial charge >= 0.3 is 0 Å². The van der Waals surface area contributed by atoms with Gasteiger partial charge in [-0.25, -0.2) is 4.39 Å². The number of carbonyl (C=O) groups excluding carboxylic acids is 2. The highest BCUT2D eigenvalue weighted by Gasteiger charge is 2.35. The average Bonchev–Trinajstić information content (AvgIpc) is 3.17. The van der Waals surface area contributed by atoms with Gasteiger partial charge in [-0.1, -0.05) is 11.8 Å². The Labute approximate surface area is 135 Å². The lowest BCUT2D eigenvalue weighted by Gasteiger charge is -2.20. The fourth-order valence-corrected chi connectivity index (χ4v) is 3.00. The van der Waals surface area contributed by atoms with Crippen molar-refractivity contribution in [3.05, 3.63) is 30.1 Å². The van der Waals surface area contributed by atoms with Crippen molar-refractivity contribution in [2.24, 2.45) is 15.8 Å². The number of aliphatic imine (C=N–C) groups is 1. The van der Waals surface area contributed by atoms with E-state index >= 15 is 0 Å². The molecule has 23 heavy (non-hydrogen) atoms. The molecule has 3 N–H and O–H groups in total. The summed E-state index contributed by atoms with van der Waals surface area (Å²) in [5, 5.41) is 8.75. The maximum atomic E-state index is 13.0. The second-order valence-corrected chi connectivity index (χ2v) is 6.06. The summed E-state index contributed by atoms with van der Waals surface area (Å²) < 4.78 is 13.0. The van der Waals surface area contributed by atoms with Gasteiger partial charge in [0.1, 0.15) is 17.6 Å². The van der Waals surface area contributed by atoms with E-state index in [1.807, 2.05) is 0 Å². The lowest BCUT2D eigenvalue weighted by Crippen LogP contribution is -2.40. The summed E-state index contributed by atoms with van der Waals surface area (Å²) in [6.45, 7) is 0.665. The van der Waals surface area contributed by atoms with Crippen molar-refractivity contribution in [3.63, 3.8) is 0 Å². The molecule has 0 spiro atoms. The molecule has 0 unspecified atom stereocenters. The van der Waals surface area contributed by atoms with Crippen LogP contribution in [-0.2, 0) is 9.59 Å². The minimum atomic E-state index is -0.778. The number of nitrogens with one attached hydrogen (secondary N) is 1. The summed E-state index contributed by atoms with van der Waals surface area (Å²) >= 11 is 1.45. The maximum absolute atomic E-state index is 13.0. The van der Waals surface area contributed by atoms with Crippen LogP contribution in [0.15, 0.2) is 34.4 Å². The van der Waals surface area contributed by atoms with Gasteiger partial charge in [-0.15, -0.1) is 0 Å². The third kappa shape index (κ3) is 3.34. The molecule has 1 atom stereocenters. The van der Waals surface area contributed by atoms with E-state index in [0.717, 1.165) is 5.75 Å². The number of primary amides is 1. The molecule has 0 aromatic heterocycles. The van der Waals surface area contributed by atoms with Crippen molar-refractivity contribution in [1.82, 2.24) is 5.32 Å². The number of amidine groups is 1. The molecular formula is C14H14FN5O2S. The Hall–Kier alpha value is -2.42. The molecule has 2 heterocycles. The number of thioether (sulfide) groups is 1. The van der Waals surface area contributed by atoms with E-state index in [0.29, 0.717) is 17.4 Å². The van der Waals surface area contributed by atoms with E-state index < -0.39 is 23.7 Å². The Morgan fingerprint density at radius 2 is 2.09 bits per heavy atom. The summed E-state index contributed by atoms with van der Waals surface area (Å²) in [5.74, 6) is -0.586. The van der Waals surface area contributed by atoms with E-state index in [9.17, 15) is 14.0 Å². The smallest absolute Gasteiger partial charge is 0.273 e. The normalized spacial score (nSPS) is 20.2. The predicted molar refractivity (Wildman–Crippen MR) is 86.8 cm³/mol. The van der Waals surface area contributed by atoms with Crippen LogP contribution in [0.2, 0.25) is 0 Å². The van der Waals surface area contributed by atoms with Crippen molar-refractivity contribution < 1.29 is 14.0 Å². The summed E-state index contributed by atoms with van der Waals surface area (Å²) in [6, 6.07) is 4.69. The number of hydrazone groups is 1. The number of anilines is 1. The Bertz CT molecular complexity index is 704. The molecule has 0 saturated carbocycles. The molecule has 3 rings (SSSR count). The van der Waals surface area contributed by atoms with Gasteiger partial charge in [0, 0.05) is 12.2 Å². The number of nitrogens with zero attached hydrogens (tertiary/aromatic N) is 3. The SMILES string of the molecule is NC(=O)[C@H]1CC(C(=O)NC2=NCCS2)=NN1c1ccc(F)cc1. The van der Waals surface area contributed by atoms with Crippen molar-refractivity contribution in [1.29, 1.82) is 0 Å².